The Bertz CT molecular complexity index is 627. The molecule has 1 fully saturated rings. The molecule has 0 atom stereocenters. The Morgan fingerprint density at radius 2 is 2.14 bits per heavy atom. The maximum atomic E-state index is 5.97. The summed E-state index contributed by atoms with van der Waals surface area (Å²) in [7, 11) is 3.40. The fraction of sp³-hybridized carbons (Fsp3) is 0.438. The van der Waals surface area contributed by atoms with Crippen molar-refractivity contribution < 1.29 is 14.0 Å². The molecule has 1 heterocycles. The van der Waals surface area contributed by atoms with Crippen LogP contribution >= 0.6 is 0 Å². The van der Waals surface area contributed by atoms with Crippen molar-refractivity contribution in [2.75, 3.05) is 20.0 Å². The molecule has 0 aliphatic heterocycles. The average molecular weight is 288 g/mol. The molecule has 0 bridgehead atoms. The van der Waals surface area contributed by atoms with Crippen molar-refractivity contribution in [2.45, 2.75) is 31.3 Å². The Kier molecular flexibility index (Phi) is 3.59. The molecule has 0 radical (unpaired) electrons. The number of hydrogen-bond acceptors (Lipinski definition) is 5. The lowest BCUT2D eigenvalue weighted by Gasteiger charge is -2.40. The van der Waals surface area contributed by atoms with Gasteiger partial charge in [-0.1, -0.05) is 17.3 Å². The Labute approximate surface area is 124 Å². The lowest BCUT2D eigenvalue weighted by atomic mass is 9.76. The van der Waals surface area contributed by atoms with Gasteiger partial charge < -0.3 is 19.7 Å². The summed E-state index contributed by atoms with van der Waals surface area (Å²) in [6, 6.07) is 7.75. The second kappa shape index (κ2) is 5.41. The Balaban J connectivity index is 1.96. The predicted octanol–water partition coefficient (Wildman–Crippen LogP) is 3.04. The minimum absolute atomic E-state index is 0.114. The van der Waals surface area contributed by atoms with Crippen molar-refractivity contribution in [2.24, 2.45) is 0 Å². The normalized spacial score (nSPS) is 16.5. The molecular weight excluding hydrogens is 268 g/mol. The zero-order valence-electron chi connectivity index (χ0n) is 12.4. The van der Waals surface area contributed by atoms with Gasteiger partial charge in [-0.15, -0.1) is 0 Å². The fourth-order valence-corrected chi connectivity index (χ4v) is 2.88. The summed E-state index contributed by atoms with van der Waals surface area (Å²) >= 11 is 0. The molecule has 3 rings (SSSR count). The van der Waals surface area contributed by atoms with Crippen LogP contribution in [0.1, 0.15) is 25.0 Å². The van der Waals surface area contributed by atoms with Gasteiger partial charge in [0, 0.05) is 13.5 Å². The molecule has 2 aromatic rings. The lowest BCUT2D eigenvalue weighted by molar-refractivity contribution is -0.0717. The first kappa shape index (κ1) is 13.9. The van der Waals surface area contributed by atoms with Gasteiger partial charge in [0.2, 0.25) is 5.88 Å². The molecule has 1 aliphatic rings. The van der Waals surface area contributed by atoms with Crippen LogP contribution in [0.2, 0.25) is 0 Å². The molecule has 112 valence electrons. The minimum Gasteiger partial charge on any atom is -0.497 e. The van der Waals surface area contributed by atoms with E-state index in [1.807, 2.05) is 24.3 Å². The van der Waals surface area contributed by atoms with Gasteiger partial charge in [-0.05, 0) is 37.0 Å². The smallest absolute Gasteiger partial charge is 0.230 e. The molecule has 0 unspecified atom stereocenters. The first-order chi connectivity index (χ1) is 10.2. The third-order valence-corrected chi connectivity index (χ3v) is 4.33. The van der Waals surface area contributed by atoms with Crippen LogP contribution in [-0.2, 0) is 11.2 Å². The minimum atomic E-state index is -0.114. The number of ether oxygens (including phenoxy) is 2. The molecular formula is C16H20N2O3. The molecule has 2 N–H and O–H groups in total. The van der Waals surface area contributed by atoms with Crippen molar-refractivity contribution in [1.29, 1.82) is 0 Å². The summed E-state index contributed by atoms with van der Waals surface area (Å²) < 4.78 is 16.2. The zero-order valence-corrected chi connectivity index (χ0v) is 12.4. The van der Waals surface area contributed by atoms with Gasteiger partial charge in [0.25, 0.3) is 0 Å². The number of nitrogens with two attached hydrogens (primary N) is 1. The lowest BCUT2D eigenvalue weighted by Crippen LogP contribution is -2.41. The van der Waals surface area contributed by atoms with Gasteiger partial charge in [-0.3, -0.25) is 0 Å². The summed E-state index contributed by atoms with van der Waals surface area (Å²) in [6.45, 7) is 0. The van der Waals surface area contributed by atoms with Crippen LogP contribution in [0.5, 0.6) is 5.75 Å². The summed E-state index contributed by atoms with van der Waals surface area (Å²) in [5.41, 5.74) is 8.51. The highest BCUT2D eigenvalue weighted by Crippen LogP contribution is 2.41. The fourth-order valence-electron chi connectivity index (χ4n) is 2.88. The van der Waals surface area contributed by atoms with E-state index in [2.05, 4.69) is 5.16 Å². The van der Waals surface area contributed by atoms with Gasteiger partial charge in [-0.25, -0.2) is 0 Å². The van der Waals surface area contributed by atoms with Crippen LogP contribution in [0.25, 0.3) is 11.1 Å². The van der Waals surface area contributed by atoms with E-state index in [4.69, 9.17) is 19.7 Å². The maximum Gasteiger partial charge on any atom is 0.230 e. The number of hydrogen-bond donors (Lipinski definition) is 1. The van der Waals surface area contributed by atoms with E-state index in [-0.39, 0.29) is 5.60 Å². The van der Waals surface area contributed by atoms with Crippen LogP contribution in [0.4, 0.5) is 5.88 Å². The van der Waals surface area contributed by atoms with E-state index in [0.29, 0.717) is 5.88 Å². The molecule has 0 spiro atoms. The Hall–Kier alpha value is -2.01. The summed E-state index contributed by atoms with van der Waals surface area (Å²) in [4.78, 5) is 0. The standard InChI is InChI=1S/C16H20N2O3/c1-19-12-6-3-5-11(9-12)14-13(18-21-15(14)17)10-16(20-2)7-4-8-16/h3,5-6,9H,4,7-8,10,17H2,1-2H3. The predicted molar refractivity (Wildman–Crippen MR) is 80.2 cm³/mol. The largest absolute Gasteiger partial charge is 0.497 e. The highest BCUT2D eigenvalue weighted by Gasteiger charge is 2.39. The summed E-state index contributed by atoms with van der Waals surface area (Å²) in [5, 5.41) is 4.14. The van der Waals surface area contributed by atoms with Gasteiger partial charge in [0.05, 0.1) is 24.0 Å². The quantitative estimate of drug-likeness (QED) is 0.915. The van der Waals surface area contributed by atoms with E-state index in [1.165, 1.54) is 6.42 Å². The highest BCUT2D eigenvalue weighted by atomic mass is 16.5. The van der Waals surface area contributed by atoms with Crippen molar-refractivity contribution in [1.82, 2.24) is 5.16 Å². The van der Waals surface area contributed by atoms with E-state index < -0.39 is 0 Å². The SMILES string of the molecule is COc1cccc(-c2c(CC3(OC)CCC3)noc2N)c1. The average Bonchev–Trinajstić information content (AvgIpc) is 2.83. The van der Waals surface area contributed by atoms with Gasteiger partial charge in [-0.2, -0.15) is 0 Å². The number of nitrogens with zero attached hydrogens (tertiary/aromatic N) is 1. The van der Waals surface area contributed by atoms with Gasteiger partial charge >= 0.3 is 0 Å². The van der Waals surface area contributed by atoms with Crippen LogP contribution in [0.15, 0.2) is 28.8 Å². The topological polar surface area (TPSA) is 70.5 Å². The van der Waals surface area contributed by atoms with Crippen LogP contribution in [0.3, 0.4) is 0 Å². The maximum absolute atomic E-state index is 5.97. The summed E-state index contributed by atoms with van der Waals surface area (Å²) in [5.74, 6) is 1.12. The monoisotopic (exact) mass is 288 g/mol. The zero-order chi connectivity index (χ0) is 14.9. The third-order valence-electron chi connectivity index (χ3n) is 4.33. The van der Waals surface area contributed by atoms with Crippen LogP contribution in [0, 0.1) is 0 Å². The number of methoxy groups -OCH3 is 2. The number of anilines is 1. The number of aromatic nitrogens is 1. The van der Waals surface area contributed by atoms with E-state index in [0.717, 1.165) is 41.8 Å². The van der Waals surface area contributed by atoms with E-state index in [1.54, 1.807) is 14.2 Å². The van der Waals surface area contributed by atoms with Crippen molar-refractivity contribution in [3.8, 4) is 16.9 Å². The third kappa shape index (κ3) is 2.49. The second-order valence-electron chi connectivity index (χ2n) is 5.52. The molecule has 21 heavy (non-hydrogen) atoms. The Morgan fingerprint density at radius 3 is 2.76 bits per heavy atom. The molecule has 0 amide bonds. The van der Waals surface area contributed by atoms with Gasteiger partial charge in [0.15, 0.2) is 0 Å². The first-order valence-electron chi connectivity index (χ1n) is 7.11. The van der Waals surface area contributed by atoms with Crippen molar-refractivity contribution in [3.63, 3.8) is 0 Å². The molecule has 1 saturated carbocycles. The van der Waals surface area contributed by atoms with Gasteiger partial charge in [0.1, 0.15) is 5.75 Å². The molecule has 5 heteroatoms. The molecule has 1 aromatic carbocycles. The molecule has 1 aromatic heterocycles. The van der Waals surface area contributed by atoms with Crippen LogP contribution < -0.4 is 10.5 Å². The first-order valence-corrected chi connectivity index (χ1v) is 7.11. The Morgan fingerprint density at radius 1 is 1.33 bits per heavy atom. The number of rotatable bonds is 5. The molecule has 0 saturated heterocycles. The second-order valence-corrected chi connectivity index (χ2v) is 5.52. The number of nitrogen functional groups attached to an aromatic ring is 1. The number of benzene rings is 1. The van der Waals surface area contributed by atoms with Crippen molar-refractivity contribution in [3.05, 3.63) is 30.0 Å². The molecule has 1 aliphatic carbocycles. The summed E-state index contributed by atoms with van der Waals surface area (Å²) in [6.07, 6.45) is 4.01. The highest BCUT2D eigenvalue weighted by molar-refractivity contribution is 5.76. The molecule has 5 nitrogen and oxygen atoms in total. The van der Waals surface area contributed by atoms with E-state index in [9.17, 15) is 0 Å². The van der Waals surface area contributed by atoms with E-state index >= 15 is 0 Å². The van der Waals surface area contributed by atoms with Crippen molar-refractivity contribution >= 4 is 5.88 Å². The van der Waals surface area contributed by atoms with Crippen LogP contribution in [-0.4, -0.2) is 25.0 Å².